The Labute approximate surface area is 160 Å². The van der Waals surface area contributed by atoms with Crippen LogP contribution in [0, 0.1) is 5.92 Å². The molecule has 2 aromatic rings. The predicted molar refractivity (Wildman–Crippen MR) is 103 cm³/mol. The number of carbonyl (C=O) groups excluding carboxylic acids is 1. The lowest BCUT2D eigenvalue weighted by Crippen LogP contribution is -2.40. The summed E-state index contributed by atoms with van der Waals surface area (Å²) in [5, 5.41) is 13.3. The highest BCUT2D eigenvalue weighted by atomic mass is 16.5. The molecule has 2 N–H and O–H groups in total. The van der Waals surface area contributed by atoms with Gasteiger partial charge in [0.05, 0.1) is 6.10 Å². The summed E-state index contributed by atoms with van der Waals surface area (Å²) >= 11 is 0. The molecular weight excluding hydrogens is 342 g/mol. The number of aromatic nitrogens is 1. The van der Waals surface area contributed by atoms with Crippen molar-refractivity contribution in [3.8, 4) is 0 Å². The van der Waals surface area contributed by atoms with Crippen LogP contribution in [0.3, 0.4) is 0 Å². The summed E-state index contributed by atoms with van der Waals surface area (Å²) in [6, 6.07) is 13.4. The predicted octanol–water partition coefficient (Wildman–Crippen LogP) is 2.75. The van der Waals surface area contributed by atoms with Gasteiger partial charge in [-0.1, -0.05) is 36.4 Å². The van der Waals surface area contributed by atoms with E-state index >= 15 is 0 Å². The quantitative estimate of drug-likeness (QED) is 0.785. The number of carbonyl (C=O) groups is 1. The standard InChI is InChI=1S/C21H27N3O3/c25-20(19-7-4-10-22-15-19)18-8-12-24(13-9-18)14-11-23-21(26)27-16-17-5-2-1-3-6-17/h1-7,10,15,18,20,25H,8-9,11-14,16H2,(H,23,26). The molecule has 0 saturated carbocycles. The Kier molecular flexibility index (Phi) is 7.19. The van der Waals surface area contributed by atoms with Crippen LogP contribution in [0.4, 0.5) is 4.79 Å². The maximum absolute atomic E-state index is 11.8. The fourth-order valence-corrected chi connectivity index (χ4v) is 3.41. The second-order valence-corrected chi connectivity index (χ2v) is 6.90. The van der Waals surface area contributed by atoms with Crippen LogP contribution in [0.5, 0.6) is 0 Å². The Morgan fingerprint density at radius 2 is 2.00 bits per heavy atom. The first kappa shape index (κ1) is 19.3. The van der Waals surface area contributed by atoms with Crippen molar-refractivity contribution >= 4 is 6.09 Å². The Balaban J connectivity index is 1.31. The third-order valence-electron chi connectivity index (χ3n) is 5.01. The molecule has 1 unspecified atom stereocenters. The number of likely N-dealkylation sites (tertiary alicyclic amines) is 1. The van der Waals surface area contributed by atoms with Crippen molar-refractivity contribution in [1.29, 1.82) is 0 Å². The van der Waals surface area contributed by atoms with Gasteiger partial charge in [-0.15, -0.1) is 0 Å². The highest BCUT2D eigenvalue weighted by molar-refractivity contribution is 5.67. The van der Waals surface area contributed by atoms with E-state index in [4.69, 9.17) is 4.74 Å². The van der Waals surface area contributed by atoms with Crippen LogP contribution in [-0.4, -0.2) is 47.3 Å². The highest BCUT2D eigenvalue weighted by Crippen LogP contribution is 2.30. The fraction of sp³-hybridized carbons (Fsp3) is 0.429. The van der Waals surface area contributed by atoms with Gasteiger partial charge in [-0.3, -0.25) is 4.98 Å². The Morgan fingerprint density at radius 3 is 2.70 bits per heavy atom. The zero-order chi connectivity index (χ0) is 18.9. The monoisotopic (exact) mass is 369 g/mol. The van der Waals surface area contributed by atoms with Crippen molar-refractivity contribution in [2.45, 2.75) is 25.6 Å². The molecule has 144 valence electrons. The lowest BCUT2D eigenvalue weighted by Gasteiger charge is -2.34. The van der Waals surface area contributed by atoms with Gasteiger partial charge in [0.2, 0.25) is 0 Å². The topological polar surface area (TPSA) is 74.7 Å². The molecule has 2 heterocycles. The number of alkyl carbamates (subject to hydrolysis) is 1. The molecule has 1 aliphatic heterocycles. The van der Waals surface area contributed by atoms with E-state index in [-0.39, 0.29) is 18.6 Å². The highest BCUT2D eigenvalue weighted by Gasteiger charge is 2.26. The lowest BCUT2D eigenvalue weighted by atomic mass is 9.88. The molecule has 0 spiro atoms. The number of amides is 1. The number of benzene rings is 1. The third kappa shape index (κ3) is 6.05. The fourth-order valence-electron chi connectivity index (χ4n) is 3.41. The van der Waals surface area contributed by atoms with E-state index in [1.807, 2.05) is 42.5 Å². The van der Waals surface area contributed by atoms with Gasteiger partial charge in [-0.25, -0.2) is 4.79 Å². The Morgan fingerprint density at radius 1 is 1.22 bits per heavy atom. The molecule has 1 saturated heterocycles. The van der Waals surface area contributed by atoms with Gasteiger partial charge in [-0.2, -0.15) is 0 Å². The van der Waals surface area contributed by atoms with Gasteiger partial charge in [-0.05, 0) is 49.0 Å². The minimum Gasteiger partial charge on any atom is -0.445 e. The van der Waals surface area contributed by atoms with Gasteiger partial charge >= 0.3 is 6.09 Å². The maximum atomic E-state index is 11.8. The van der Waals surface area contributed by atoms with E-state index in [9.17, 15) is 9.90 Å². The van der Waals surface area contributed by atoms with E-state index in [2.05, 4.69) is 15.2 Å². The molecule has 1 aromatic carbocycles. The van der Waals surface area contributed by atoms with Crippen LogP contribution >= 0.6 is 0 Å². The number of piperidine rings is 1. The molecule has 27 heavy (non-hydrogen) atoms. The van der Waals surface area contributed by atoms with Gasteiger partial charge in [0.25, 0.3) is 0 Å². The van der Waals surface area contributed by atoms with Crippen LogP contribution in [-0.2, 0) is 11.3 Å². The van der Waals surface area contributed by atoms with E-state index in [1.54, 1.807) is 12.4 Å². The number of aliphatic hydroxyl groups is 1. The first-order valence-electron chi connectivity index (χ1n) is 9.47. The van der Waals surface area contributed by atoms with Gasteiger partial charge < -0.3 is 20.1 Å². The number of rotatable bonds is 7. The van der Waals surface area contributed by atoms with E-state index in [1.165, 1.54) is 0 Å². The second kappa shape index (κ2) is 10.0. The number of aliphatic hydroxyl groups excluding tert-OH is 1. The normalized spacial score (nSPS) is 16.6. The van der Waals surface area contributed by atoms with Crippen LogP contribution < -0.4 is 5.32 Å². The van der Waals surface area contributed by atoms with Crippen LogP contribution in [0.25, 0.3) is 0 Å². The zero-order valence-electron chi connectivity index (χ0n) is 15.5. The van der Waals surface area contributed by atoms with E-state index in [0.717, 1.165) is 43.6 Å². The van der Waals surface area contributed by atoms with Crippen molar-refractivity contribution in [3.63, 3.8) is 0 Å². The first-order valence-corrected chi connectivity index (χ1v) is 9.47. The molecule has 0 aliphatic carbocycles. The number of hydrogen-bond donors (Lipinski definition) is 2. The molecule has 6 nitrogen and oxygen atoms in total. The molecule has 1 aromatic heterocycles. The number of nitrogens with zero attached hydrogens (tertiary/aromatic N) is 2. The smallest absolute Gasteiger partial charge is 0.407 e. The van der Waals surface area contributed by atoms with Crippen molar-refractivity contribution < 1.29 is 14.6 Å². The lowest BCUT2D eigenvalue weighted by molar-refractivity contribution is 0.0587. The molecule has 1 aliphatic rings. The third-order valence-corrected chi connectivity index (χ3v) is 5.01. The summed E-state index contributed by atoms with van der Waals surface area (Å²) in [5.41, 5.74) is 1.86. The summed E-state index contributed by atoms with van der Waals surface area (Å²) in [5.74, 6) is 0.259. The minimum atomic E-state index is -0.452. The molecular formula is C21H27N3O3. The SMILES string of the molecule is O=C(NCCN1CCC(C(O)c2cccnc2)CC1)OCc1ccccc1. The van der Waals surface area contributed by atoms with Crippen LogP contribution in [0.15, 0.2) is 54.9 Å². The Bertz CT molecular complexity index is 688. The number of pyridine rings is 1. The average Bonchev–Trinajstić information content (AvgIpc) is 2.74. The van der Waals surface area contributed by atoms with Gasteiger partial charge in [0.15, 0.2) is 0 Å². The molecule has 1 amide bonds. The van der Waals surface area contributed by atoms with Crippen LogP contribution in [0.1, 0.15) is 30.1 Å². The van der Waals surface area contributed by atoms with Gasteiger partial charge in [0.1, 0.15) is 6.61 Å². The van der Waals surface area contributed by atoms with Crippen molar-refractivity contribution in [2.24, 2.45) is 5.92 Å². The van der Waals surface area contributed by atoms with E-state index < -0.39 is 6.10 Å². The number of ether oxygens (including phenoxy) is 1. The van der Waals surface area contributed by atoms with E-state index in [0.29, 0.717) is 6.54 Å². The average molecular weight is 369 g/mol. The first-order chi connectivity index (χ1) is 13.2. The number of hydrogen-bond acceptors (Lipinski definition) is 5. The zero-order valence-corrected chi connectivity index (χ0v) is 15.5. The van der Waals surface area contributed by atoms with Crippen molar-refractivity contribution in [2.75, 3.05) is 26.2 Å². The summed E-state index contributed by atoms with van der Waals surface area (Å²) in [7, 11) is 0. The molecule has 0 bridgehead atoms. The van der Waals surface area contributed by atoms with Gasteiger partial charge in [0, 0.05) is 25.5 Å². The summed E-state index contributed by atoms with van der Waals surface area (Å²) in [6.45, 7) is 3.47. The van der Waals surface area contributed by atoms with Crippen LogP contribution in [0.2, 0.25) is 0 Å². The molecule has 1 atom stereocenters. The molecule has 3 rings (SSSR count). The van der Waals surface area contributed by atoms with Crippen molar-refractivity contribution in [3.05, 3.63) is 66.0 Å². The number of nitrogens with one attached hydrogen (secondary N) is 1. The maximum Gasteiger partial charge on any atom is 0.407 e. The summed E-state index contributed by atoms with van der Waals surface area (Å²) < 4.78 is 5.21. The van der Waals surface area contributed by atoms with Crippen molar-refractivity contribution in [1.82, 2.24) is 15.2 Å². The molecule has 0 radical (unpaired) electrons. The minimum absolute atomic E-state index is 0.259. The Hall–Kier alpha value is -2.44. The second-order valence-electron chi connectivity index (χ2n) is 6.90. The molecule has 6 heteroatoms. The molecule has 1 fully saturated rings. The largest absolute Gasteiger partial charge is 0.445 e. The summed E-state index contributed by atoms with van der Waals surface area (Å²) in [4.78, 5) is 18.2. The summed E-state index contributed by atoms with van der Waals surface area (Å²) in [6.07, 6.45) is 4.49.